The molecule has 0 saturated carbocycles. The maximum atomic E-state index is 11.5. The van der Waals surface area contributed by atoms with Gasteiger partial charge in [-0.05, 0) is 18.9 Å². The fraction of sp³-hybridized carbons (Fsp3) is 0.500. The molecule has 1 aromatic rings. The van der Waals surface area contributed by atoms with E-state index in [2.05, 4.69) is 10.4 Å². The van der Waals surface area contributed by atoms with Crippen molar-refractivity contribution < 1.29 is 4.79 Å². The van der Waals surface area contributed by atoms with Crippen LogP contribution in [0.15, 0.2) is 12.4 Å². The van der Waals surface area contributed by atoms with E-state index in [1.165, 1.54) is 0 Å². The highest BCUT2D eigenvalue weighted by atomic mass is 32.1. The van der Waals surface area contributed by atoms with Crippen molar-refractivity contribution >= 4 is 23.1 Å². The zero-order valence-corrected chi connectivity index (χ0v) is 10.3. The number of nitrogens with zero attached hydrogens (tertiary/aromatic N) is 2. The van der Waals surface area contributed by atoms with Gasteiger partial charge in [-0.25, -0.2) is 0 Å². The van der Waals surface area contributed by atoms with Crippen LogP contribution in [0.4, 0.5) is 0 Å². The molecule has 1 aromatic heterocycles. The van der Waals surface area contributed by atoms with Crippen LogP contribution in [-0.2, 0) is 18.3 Å². The third kappa shape index (κ3) is 3.62. The summed E-state index contributed by atoms with van der Waals surface area (Å²) in [6.45, 7) is 2.26. The summed E-state index contributed by atoms with van der Waals surface area (Å²) < 4.78 is 1.73. The third-order valence-corrected chi connectivity index (χ3v) is 2.64. The zero-order valence-electron chi connectivity index (χ0n) is 9.43. The molecule has 16 heavy (non-hydrogen) atoms. The minimum Gasteiger partial charge on any atom is -0.393 e. The lowest BCUT2D eigenvalue weighted by molar-refractivity contribution is -0.122. The number of amides is 1. The normalized spacial score (nSPS) is 12.1. The van der Waals surface area contributed by atoms with Crippen LogP contribution in [0.1, 0.15) is 12.5 Å². The maximum absolute atomic E-state index is 11.5. The van der Waals surface area contributed by atoms with Gasteiger partial charge in [-0.1, -0.05) is 12.2 Å². The summed E-state index contributed by atoms with van der Waals surface area (Å²) in [5.74, 6) is -0.541. The molecule has 1 atom stereocenters. The predicted octanol–water partition coefficient (Wildman–Crippen LogP) is 0.00100. The number of hydrogen-bond acceptors (Lipinski definition) is 3. The molecule has 0 saturated heterocycles. The van der Waals surface area contributed by atoms with Crippen molar-refractivity contribution in [3.05, 3.63) is 18.0 Å². The summed E-state index contributed by atoms with van der Waals surface area (Å²) in [4.78, 5) is 11.7. The number of rotatable bonds is 5. The Morgan fingerprint density at radius 1 is 1.75 bits per heavy atom. The smallest absolute Gasteiger partial charge is 0.229 e. The van der Waals surface area contributed by atoms with E-state index >= 15 is 0 Å². The second kappa shape index (κ2) is 5.60. The molecular formula is C10H16N4OS. The topological polar surface area (TPSA) is 72.9 Å². The van der Waals surface area contributed by atoms with E-state index < -0.39 is 5.92 Å². The van der Waals surface area contributed by atoms with E-state index in [-0.39, 0.29) is 10.9 Å². The molecule has 1 amide bonds. The number of aromatic nitrogens is 2. The Hall–Kier alpha value is -1.43. The van der Waals surface area contributed by atoms with Gasteiger partial charge < -0.3 is 11.1 Å². The zero-order chi connectivity index (χ0) is 12.1. The molecule has 0 aliphatic rings. The number of thiocarbonyl (C=S) groups is 1. The Morgan fingerprint density at radius 3 is 2.94 bits per heavy atom. The monoisotopic (exact) mass is 240 g/mol. The number of carbonyl (C=O) groups is 1. The van der Waals surface area contributed by atoms with E-state index in [9.17, 15) is 4.79 Å². The standard InChI is InChI=1S/C10H16N4OS/c1-7(9(11)16)10(15)12-4-3-8-5-13-14(2)6-8/h5-7H,3-4H2,1-2H3,(H2,11,16)(H,12,15). The molecular weight excluding hydrogens is 224 g/mol. The lowest BCUT2D eigenvalue weighted by Gasteiger charge is -2.09. The number of carbonyl (C=O) groups excluding carboxylic acids is 1. The van der Waals surface area contributed by atoms with Crippen molar-refractivity contribution in [2.24, 2.45) is 18.7 Å². The number of nitrogens with one attached hydrogen (secondary N) is 1. The number of hydrogen-bond donors (Lipinski definition) is 2. The average Bonchev–Trinajstić information content (AvgIpc) is 2.62. The van der Waals surface area contributed by atoms with Crippen LogP contribution < -0.4 is 11.1 Å². The Labute approximate surface area is 100 Å². The molecule has 5 nitrogen and oxygen atoms in total. The van der Waals surface area contributed by atoms with Crippen LogP contribution in [0.3, 0.4) is 0 Å². The van der Waals surface area contributed by atoms with Gasteiger partial charge in [-0.2, -0.15) is 5.10 Å². The quantitative estimate of drug-likeness (QED) is 0.711. The summed E-state index contributed by atoms with van der Waals surface area (Å²) in [5, 5.41) is 6.82. The highest BCUT2D eigenvalue weighted by molar-refractivity contribution is 7.80. The minimum atomic E-state index is -0.413. The molecule has 1 rings (SSSR count). The van der Waals surface area contributed by atoms with E-state index in [0.717, 1.165) is 12.0 Å². The molecule has 1 heterocycles. The van der Waals surface area contributed by atoms with Gasteiger partial charge in [0.25, 0.3) is 0 Å². The Morgan fingerprint density at radius 2 is 2.44 bits per heavy atom. The molecule has 88 valence electrons. The number of nitrogens with two attached hydrogens (primary N) is 1. The minimum absolute atomic E-state index is 0.128. The van der Waals surface area contributed by atoms with E-state index in [1.54, 1.807) is 17.8 Å². The first kappa shape index (κ1) is 12.6. The van der Waals surface area contributed by atoms with E-state index in [1.807, 2.05) is 13.2 Å². The molecule has 0 bridgehead atoms. The highest BCUT2D eigenvalue weighted by Gasteiger charge is 2.14. The molecule has 6 heteroatoms. The van der Waals surface area contributed by atoms with Crippen molar-refractivity contribution in [3.8, 4) is 0 Å². The molecule has 0 spiro atoms. The lowest BCUT2D eigenvalue weighted by atomic mass is 10.1. The second-order valence-electron chi connectivity index (χ2n) is 3.69. The third-order valence-electron chi connectivity index (χ3n) is 2.29. The van der Waals surface area contributed by atoms with Crippen LogP contribution in [-0.4, -0.2) is 27.2 Å². The van der Waals surface area contributed by atoms with Gasteiger partial charge in [0.05, 0.1) is 17.1 Å². The highest BCUT2D eigenvalue weighted by Crippen LogP contribution is 1.98. The molecule has 0 aliphatic heterocycles. The lowest BCUT2D eigenvalue weighted by Crippen LogP contribution is -2.36. The summed E-state index contributed by atoms with van der Waals surface area (Å²) in [7, 11) is 1.86. The fourth-order valence-electron chi connectivity index (χ4n) is 1.21. The SMILES string of the molecule is CC(C(=O)NCCc1cnn(C)c1)C(N)=S. The molecule has 0 aliphatic carbocycles. The number of aryl methyl sites for hydroxylation is 1. The first-order valence-corrected chi connectivity index (χ1v) is 5.46. The Balaban J connectivity index is 2.30. The van der Waals surface area contributed by atoms with Crippen molar-refractivity contribution in [1.82, 2.24) is 15.1 Å². The molecule has 0 radical (unpaired) electrons. The van der Waals surface area contributed by atoms with E-state index in [4.69, 9.17) is 18.0 Å². The van der Waals surface area contributed by atoms with Gasteiger partial charge in [0, 0.05) is 19.8 Å². The Kier molecular flexibility index (Phi) is 4.42. The van der Waals surface area contributed by atoms with Gasteiger partial charge in [0.2, 0.25) is 5.91 Å². The average molecular weight is 240 g/mol. The van der Waals surface area contributed by atoms with Crippen molar-refractivity contribution in [2.45, 2.75) is 13.3 Å². The predicted molar refractivity (Wildman–Crippen MR) is 65.9 cm³/mol. The summed E-state index contributed by atoms with van der Waals surface area (Å²) in [6, 6.07) is 0. The van der Waals surface area contributed by atoms with Gasteiger partial charge in [-0.15, -0.1) is 0 Å². The largest absolute Gasteiger partial charge is 0.393 e. The van der Waals surface area contributed by atoms with E-state index in [0.29, 0.717) is 6.54 Å². The van der Waals surface area contributed by atoms with Crippen LogP contribution in [0, 0.1) is 5.92 Å². The van der Waals surface area contributed by atoms with Gasteiger partial charge in [-0.3, -0.25) is 9.48 Å². The van der Waals surface area contributed by atoms with Crippen LogP contribution >= 0.6 is 12.2 Å². The van der Waals surface area contributed by atoms with Crippen LogP contribution in [0.2, 0.25) is 0 Å². The first-order valence-electron chi connectivity index (χ1n) is 5.05. The van der Waals surface area contributed by atoms with Crippen LogP contribution in [0.5, 0.6) is 0 Å². The van der Waals surface area contributed by atoms with Gasteiger partial charge >= 0.3 is 0 Å². The Bertz CT molecular complexity index is 388. The van der Waals surface area contributed by atoms with Gasteiger partial charge in [0.1, 0.15) is 0 Å². The molecule has 0 fully saturated rings. The van der Waals surface area contributed by atoms with Crippen molar-refractivity contribution in [1.29, 1.82) is 0 Å². The fourth-order valence-corrected chi connectivity index (χ4v) is 1.32. The van der Waals surface area contributed by atoms with Crippen molar-refractivity contribution in [3.63, 3.8) is 0 Å². The summed E-state index contributed by atoms with van der Waals surface area (Å²) >= 11 is 4.75. The summed E-state index contributed by atoms with van der Waals surface area (Å²) in [6.07, 6.45) is 4.45. The maximum Gasteiger partial charge on any atom is 0.229 e. The first-order chi connectivity index (χ1) is 7.50. The second-order valence-corrected chi connectivity index (χ2v) is 4.16. The molecule has 0 aromatic carbocycles. The van der Waals surface area contributed by atoms with Crippen molar-refractivity contribution in [2.75, 3.05) is 6.54 Å². The molecule has 1 unspecified atom stereocenters. The summed E-state index contributed by atoms with van der Waals surface area (Å²) in [5.41, 5.74) is 6.47. The molecule has 3 N–H and O–H groups in total. The van der Waals surface area contributed by atoms with Crippen LogP contribution in [0.25, 0.3) is 0 Å². The van der Waals surface area contributed by atoms with Gasteiger partial charge in [0.15, 0.2) is 0 Å².